The second-order valence-corrected chi connectivity index (χ2v) is 3.21. The molecule has 3 N–H and O–H groups in total. The van der Waals surface area contributed by atoms with Gasteiger partial charge in [0.25, 0.3) is 0 Å². The predicted molar refractivity (Wildman–Crippen MR) is 49.0 cm³/mol. The van der Waals surface area contributed by atoms with Crippen LogP contribution < -0.4 is 10.6 Å². The molecule has 0 aromatic heterocycles. The van der Waals surface area contributed by atoms with Gasteiger partial charge in [-0.25, -0.2) is 0 Å². The molecule has 1 aliphatic heterocycles. The molecule has 1 aliphatic rings. The highest BCUT2D eigenvalue weighted by Gasteiger charge is 2.17. The van der Waals surface area contributed by atoms with E-state index in [1.807, 2.05) is 13.0 Å². The Balaban J connectivity index is 2.52. The Morgan fingerprint density at radius 1 is 1.67 bits per heavy atom. The van der Waals surface area contributed by atoms with E-state index in [1.54, 1.807) is 0 Å². The third-order valence-corrected chi connectivity index (χ3v) is 2.05. The summed E-state index contributed by atoms with van der Waals surface area (Å²) in [5, 5.41) is 15.0. The third kappa shape index (κ3) is 2.01. The van der Waals surface area contributed by atoms with Gasteiger partial charge >= 0.3 is 0 Å². The van der Waals surface area contributed by atoms with Gasteiger partial charge in [0.15, 0.2) is 0 Å². The van der Waals surface area contributed by atoms with Crippen molar-refractivity contribution in [2.45, 2.75) is 26.6 Å². The van der Waals surface area contributed by atoms with Crippen molar-refractivity contribution in [2.75, 3.05) is 0 Å². The van der Waals surface area contributed by atoms with Crippen molar-refractivity contribution in [1.29, 1.82) is 0 Å². The Labute approximate surface area is 73.2 Å². The van der Waals surface area contributed by atoms with Gasteiger partial charge in [-0.15, -0.1) is 6.58 Å². The van der Waals surface area contributed by atoms with Crippen LogP contribution in [0.2, 0.25) is 0 Å². The molecule has 0 aromatic rings. The zero-order chi connectivity index (χ0) is 9.14. The maximum Gasteiger partial charge on any atom is 0.202 e. The highest BCUT2D eigenvalue weighted by Crippen LogP contribution is 2.16. The average molecular weight is 168 g/mol. The summed E-state index contributed by atoms with van der Waals surface area (Å²) in [5.74, 6) is 0.439. The summed E-state index contributed by atoms with van der Waals surface area (Å²) < 4.78 is 0. The van der Waals surface area contributed by atoms with E-state index in [9.17, 15) is 0 Å². The molecule has 0 spiro atoms. The summed E-state index contributed by atoms with van der Waals surface area (Å²) >= 11 is 0. The number of nitrogens with one attached hydrogen (secondary N) is 2. The lowest BCUT2D eigenvalue weighted by Crippen LogP contribution is -2.32. The van der Waals surface area contributed by atoms with Crippen LogP contribution in [0.1, 0.15) is 20.3 Å². The molecule has 0 saturated carbocycles. The normalized spacial score (nSPS) is 24.8. The summed E-state index contributed by atoms with van der Waals surface area (Å²) in [6.07, 6.45) is 2.20. The first-order chi connectivity index (χ1) is 5.63. The van der Waals surface area contributed by atoms with E-state index in [0.717, 1.165) is 17.8 Å². The molecule has 2 unspecified atom stereocenters. The number of hydrogen-bond acceptors (Lipinski definition) is 3. The minimum Gasteiger partial charge on any atom is -0.357 e. The SMILES string of the molecule is C=CC(C)CC1=C(C)NC(O)N1. The minimum absolute atomic E-state index is 0.439. The van der Waals surface area contributed by atoms with Gasteiger partial charge in [-0.2, -0.15) is 0 Å². The van der Waals surface area contributed by atoms with Crippen molar-refractivity contribution >= 4 is 0 Å². The van der Waals surface area contributed by atoms with Gasteiger partial charge in [0, 0.05) is 11.4 Å². The van der Waals surface area contributed by atoms with Crippen molar-refractivity contribution in [2.24, 2.45) is 5.92 Å². The van der Waals surface area contributed by atoms with Gasteiger partial charge in [-0.05, 0) is 19.3 Å². The number of allylic oxidation sites excluding steroid dienone is 3. The van der Waals surface area contributed by atoms with E-state index in [0.29, 0.717) is 5.92 Å². The smallest absolute Gasteiger partial charge is 0.202 e. The molecule has 0 bridgehead atoms. The lowest BCUT2D eigenvalue weighted by atomic mass is 10.1. The van der Waals surface area contributed by atoms with Gasteiger partial charge in [0.2, 0.25) is 6.35 Å². The van der Waals surface area contributed by atoms with Crippen LogP contribution in [-0.4, -0.2) is 11.5 Å². The molecule has 0 aliphatic carbocycles. The fourth-order valence-electron chi connectivity index (χ4n) is 1.22. The van der Waals surface area contributed by atoms with Gasteiger partial charge in [0.1, 0.15) is 0 Å². The first-order valence-electron chi connectivity index (χ1n) is 4.17. The Bertz CT molecular complexity index is 211. The monoisotopic (exact) mass is 168 g/mol. The molecule has 2 atom stereocenters. The van der Waals surface area contributed by atoms with Crippen LogP contribution in [0.25, 0.3) is 0 Å². The largest absolute Gasteiger partial charge is 0.357 e. The van der Waals surface area contributed by atoms with Crippen molar-refractivity contribution < 1.29 is 5.11 Å². The van der Waals surface area contributed by atoms with Gasteiger partial charge < -0.3 is 15.7 Å². The standard InChI is InChI=1S/C9H16N2O/c1-4-6(2)5-8-7(3)10-9(12)11-8/h4,6,9-12H,1,5H2,2-3H3. The molecule has 12 heavy (non-hydrogen) atoms. The second-order valence-electron chi connectivity index (χ2n) is 3.21. The Morgan fingerprint density at radius 3 is 2.75 bits per heavy atom. The van der Waals surface area contributed by atoms with Crippen molar-refractivity contribution in [3.63, 3.8) is 0 Å². The van der Waals surface area contributed by atoms with E-state index in [4.69, 9.17) is 5.11 Å². The maximum atomic E-state index is 9.17. The van der Waals surface area contributed by atoms with Crippen molar-refractivity contribution in [3.05, 3.63) is 24.0 Å². The molecule has 68 valence electrons. The summed E-state index contributed by atoms with van der Waals surface area (Å²) in [6, 6.07) is 0. The molecule has 0 amide bonds. The number of aliphatic hydroxyl groups is 1. The Morgan fingerprint density at radius 2 is 2.33 bits per heavy atom. The van der Waals surface area contributed by atoms with Gasteiger partial charge in [0.05, 0.1) is 0 Å². The summed E-state index contributed by atoms with van der Waals surface area (Å²) in [5.41, 5.74) is 2.10. The minimum atomic E-state index is -0.614. The molecular formula is C9H16N2O. The van der Waals surface area contributed by atoms with Crippen molar-refractivity contribution in [1.82, 2.24) is 10.6 Å². The van der Waals surface area contributed by atoms with E-state index in [1.165, 1.54) is 0 Å². The predicted octanol–water partition coefficient (Wildman–Crippen LogP) is 0.899. The molecular weight excluding hydrogens is 152 g/mol. The van der Waals surface area contributed by atoms with Crippen LogP contribution in [0.15, 0.2) is 24.0 Å². The fraction of sp³-hybridized carbons (Fsp3) is 0.556. The number of rotatable bonds is 3. The lowest BCUT2D eigenvalue weighted by molar-refractivity contribution is 0.138. The molecule has 0 fully saturated rings. The third-order valence-electron chi connectivity index (χ3n) is 2.05. The molecule has 0 aromatic carbocycles. The number of aliphatic hydroxyl groups excluding tert-OH is 1. The molecule has 0 saturated heterocycles. The zero-order valence-corrected chi connectivity index (χ0v) is 7.59. The van der Waals surface area contributed by atoms with Gasteiger partial charge in [-0.3, -0.25) is 0 Å². The zero-order valence-electron chi connectivity index (χ0n) is 7.59. The lowest BCUT2D eigenvalue weighted by Gasteiger charge is -2.08. The Hall–Kier alpha value is -0.960. The molecule has 0 radical (unpaired) electrons. The number of hydrogen-bond donors (Lipinski definition) is 3. The van der Waals surface area contributed by atoms with Crippen LogP contribution in [0.4, 0.5) is 0 Å². The molecule has 3 nitrogen and oxygen atoms in total. The first kappa shape index (κ1) is 9.13. The Kier molecular flexibility index (Phi) is 2.76. The summed E-state index contributed by atoms with van der Waals surface area (Å²) in [4.78, 5) is 0. The molecule has 1 rings (SSSR count). The van der Waals surface area contributed by atoms with Crippen LogP contribution in [0.3, 0.4) is 0 Å². The van der Waals surface area contributed by atoms with E-state index in [-0.39, 0.29) is 0 Å². The molecule has 1 heterocycles. The van der Waals surface area contributed by atoms with E-state index in [2.05, 4.69) is 24.1 Å². The van der Waals surface area contributed by atoms with Crippen LogP contribution in [0.5, 0.6) is 0 Å². The summed E-state index contributed by atoms with van der Waals surface area (Å²) in [7, 11) is 0. The second kappa shape index (κ2) is 3.63. The topological polar surface area (TPSA) is 44.3 Å². The highest BCUT2D eigenvalue weighted by atomic mass is 16.3. The summed E-state index contributed by atoms with van der Waals surface area (Å²) in [6.45, 7) is 7.76. The first-order valence-corrected chi connectivity index (χ1v) is 4.17. The van der Waals surface area contributed by atoms with Gasteiger partial charge in [-0.1, -0.05) is 13.0 Å². The van der Waals surface area contributed by atoms with E-state index >= 15 is 0 Å². The van der Waals surface area contributed by atoms with Crippen LogP contribution in [-0.2, 0) is 0 Å². The van der Waals surface area contributed by atoms with Crippen molar-refractivity contribution in [3.8, 4) is 0 Å². The maximum absolute atomic E-state index is 9.17. The quantitative estimate of drug-likeness (QED) is 0.549. The van der Waals surface area contributed by atoms with E-state index < -0.39 is 6.35 Å². The fourth-order valence-corrected chi connectivity index (χ4v) is 1.22. The highest BCUT2D eigenvalue weighted by molar-refractivity contribution is 5.15. The van der Waals surface area contributed by atoms with Crippen LogP contribution in [0, 0.1) is 5.92 Å². The molecule has 3 heteroatoms. The average Bonchev–Trinajstić information content (AvgIpc) is 2.30. The van der Waals surface area contributed by atoms with Crippen LogP contribution >= 0.6 is 0 Å².